The van der Waals surface area contributed by atoms with Crippen LogP contribution in [0.2, 0.25) is 0 Å². The van der Waals surface area contributed by atoms with Gasteiger partial charge >= 0.3 is 0 Å². The van der Waals surface area contributed by atoms with E-state index in [-0.39, 0.29) is 5.91 Å². The van der Waals surface area contributed by atoms with E-state index in [2.05, 4.69) is 31.6 Å². The highest BCUT2D eigenvalue weighted by Gasteiger charge is 2.32. The van der Waals surface area contributed by atoms with Crippen molar-refractivity contribution in [3.63, 3.8) is 0 Å². The second kappa shape index (κ2) is 10.4. The van der Waals surface area contributed by atoms with Gasteiger partial charge in [0, 0.05) is 36.6 Å². The largest absolute Gasteiger partial charge is 0.336 e. The minimum absolute atomic E-state index is 0.287. The van der Waals surface area contributed by atoms with Crippen molar-refractivity contribution in [1.82, 2.24) is 24.6 Å². The predicted octanol–water partition coefficient (Wildman–Crippen LogP) is 4.95. The van der Waals surface area contributed by atoms with Crippen LogP contribution in [0.25, 0.3) is 11.4 Å². The van der Waals surface area contributed by atoms with Crippen molar-refractivity contribution in [3.05, 3.63) is 24.5 Å². The normalized spacial score (nSPS) is 18.4. The second-order valence-corrected chi connectivity index (χ2v) is 9.40. The molecule has 0 aromatic carbocycles. The van der Waals surface area contributed by atoms with Crippen molar-refractivity contribution in [2.75, 3.05) is 5.75 Å². The van der Waals surface area contributed by atoms with Crippen molar-refractivity contribution in [2.45, 2.75) is 94.9 Å². The molecule has 6 nitrogen and oxygen atoms in total. The van der Waals surface area contributed by atoms with Gasteiger partial charge in [0.25, 0.3) is 0 Å². The minimum Gasteiger partial charge on any atom is -0.336 e. The number of pyridine rings is 1. The van der Waals surface area contributed by atoms with Gasteiger partial charge in [0.1, 0.15) is 0 Å². The highest BCUT2D eigenvalue weighted by Crippen LogP contribution is 2.31. The summed E-state index contributed by atoms with van der Waals surface area (Å²) in [4.78, 5) is 19.8. The van der Waals surface area contributed by atoms with Crippen LogP contribution in [0.4, 0.5) is 0 Å². The average Bonchev–Trinajstić information content (AvgIpc) is 3.23. The first-order valence-corrected chi connectivity index (χ1v) is 12.5. The Morgan fingerprint density at radius 2 is 1.60 bits per heavy atom. The Bertz CT molecular complexity index is 794. The molecule has 0 bridgehead atoms. The van der Waals surface area contributed by atoms with Crippen molar-refractivity contribution < 1.29 is 4.79 Å². The maximum atomic E-state index is 13.4. The molecule has 162 valence electrons. The lowest BCUT2D eigenvalue weighted by molar-refractivity contribution is -0.135. The molecule has 2 fully saturated rings. The Morgan fingerprint density at radius 1 is 1.00 bits per heavy atom. The van der Waals surface area contributed by atoms with Crippen LogP contribution < -0.4 is 0 Å². The molecule has 30 heavy (non-hydrogen) atoms. The van der Waals surface area contributed by atoms with Crippen LogP contribution in [0.3, 0.4) is 0 Å². The molecular formula is C23H33N5OS. The number of aromatic nitrogens is 4. The molecule has 0 aliphatic heterocycles. The van der Waals surface area contributed by atoms with Crippen molar-refractivity contribution in [3.8, 4) is 11.4 Å². The first-order valence-electron chi connectivity index (χ1n) is 11.6. The van der Waals surface area contributed by atoms with E-state index >= 15 is 0 Å². The third-order valence-electron chi connectivity index (χ3n) is 6.52. The van der Waals surface area contributed by atoms with Crippen molar-refractivity contribution >= 4 is 17.7 Å². The summed E-state index contributed by atoms with van der Waals surface area (Å²) >= 11 is 1.53. The summed E-state index contributed by atoms with van der Waals surface area (Å²) < 4.78 is 2.10. The van der Waals surface area contributed by atoms with Crippen LogP contribution in [0.15, 0.2) is 29.7 Å². The first kappa shape index (κ1) is 21.3. The van der Waals surface area contributed by atoms with Gasteiger partial charge in [-0.2, -0.15) is 0 Å². The highest BCUT2D eigenvalue weighted by atomic mass is 32.2. The van der Waals surface area contributed by atoms with E-state index in [1.165, 1.54) is 76.0 Å². The molecule has 2 aliphatic rings. The zero-order valence-corrected chi connectivity index (χ0v) is 18.8. The van der Waals surface area contributed by atoms with Gasteiger partial charge in [-0.3, -0.25) is 9.78 Å². The SMILES string of the molecule is CCn1c(SCC(=O)N(C2CCCCC2)C2CCCCC2)nnc1-c1ccncc1. The van der Waals surface area contributed by atoms with E-state index in [1.807, 2.05) is 12.1 Å². The van der Waals surface area contributed by atoms with Crippen LogP contribution in [-0.2, 0) is 11.3 Å². The van der Waals surface area contributed by atoms with Gasteiger partial charge in [-0.25, -0.2) is 0 Å². The van der Waals surface area contributed by atoms with Crippen molar-refractivity contribution in [1.29, 1.82) is 0 Å². The third-order valence-corrected chi connectivity index (χ3v) is 7.47. The summed E-state index contributed by atoms with van der Waals surface area (Å²) in [7, 11) is 0. The van der Waals surface area contributed by atoms with Gasteiger partial charge in [0.05, 0.1) is 5.75 Å². The summed E-state index contributed by atoms with van der Waals surface area (Å²) in [5.41, 5.74) is 1.00. The van der Waals surface area contributed by atoms with Gasteiger partial charge in [-0.05, 0) is 44.7 Å². The Labute approximate surface area is 183 Å². The van der Waals surface area contributed by atoms with Crippen LogP contribution >= 0.6 is 11.8 Å². The lowest BCUT2D eigenvalue weighted by Gasteiger charge is -2.41. The smallest absolute Gasteiger partial charge is 0.233 e. The maximum absolute atomic E-state index is 13.4. The summed E-state index contributed by atoms with van der Waals surface area (Å²) in [5.74, 6) is 1.57. The Hall–Kier alpha value is -1.89. The molecular weight excluding hydrogens is 394 g/mol. The molecule has 7 heteroatoms. The number of hydrogen-bond donors (Lipinski definition) is 0. The molecule has 0 N–H and O–H groups in total. The quantitative estimate of drug-likeness (QED) is 0.585. The lowest BCUT2D eigenvalue weighted by atomic mass is 9.88. The summed E-state index contributed by atoms with van der Waals surface area (Å²) in [6.07, 6.45) is 15.9. The number of amides is 1. The summed E-state index contributed by atoms with van der Waals surface area (Å²) in [5, 5.41) is 9.63. The Balaban J connectivity index is 1.47. The van der Waals surface area contributed by atoms with E-state index in [0.717, 1.165) is 23.1 Å². The zero-order valence-electron chi connectivity index (χ0n) is 18.0. The molecule has 0 radical (unpaired) electrons. The molecule has 2 heterocycles. The maximum Gasteiger partial charge on any atom is 0.233 e. The molecule has 0 saturated heterocycles. The van der Waals surface area contributed by atoms with Crippen molar-refractivity contribution in [2.24, 2.45) is 0 Å². The fraction of sp³-hybridized carbons (Fsp3) is 0.652. The number of rotatable bonds is 7. The molecule has 4 rings (SSSR count). The van der Waals surface area contributed by atoms with E-state index in [1.54, 1.807) is 12.4 Å². The van der Waals surface area contributed by atoms with Gasteiger partial charge in [-0.1, -0.05) is 50.3 Å². The molecule has 0 atom stereocenters. The minimum atomic E-state index is 0.287. The van der Waals surface area contributed by atoms with Gasteiger partial charge in [0.2, 0.25) is 5.91 Å². The Morgan fingerprint density at radius 3 is 2.17 bits per heavy atom. The topological polar surface area (TPSA) is 63.9 Å². The monoisotopic (exact) mass is 427 g/mol. The fourth-order valence-electron chi connectivity index (χ4n) is 5.02. The number of thioether (sulfide) groups is 1. The number of carbonyl (C=O) groups is 1. The average molecular weight is 428 g/mol. The first-order chi connectivity index (χ1) is 14.8. The molecule has 0 spiro atoms. The Kier molecular flexibility index (Phi) is 7.42. The number of carbonyl (C=O) groups excluding carboxylic acids is 1. The summed E-state index contributed by atoms with van der Waals surface area (Å²) in [6.45, 7) is 2.87. The van der Waals surface area contributed by atoms with Gasteiger partial charge < -0.3 is 9.47 Å². The van der Waals surface area contributed by atoms with E-state index in [4.69, 9.17) is 0 Å². The molecule has 1 amide bonds. The van der Waals surface area contributed by atoms with Crippen LogP contribution in [0.5, 0.6) is 0 Å². The third kappa shape index (κ3) is 4.88. The molecule has 2 aromatic rings. The number of hydrogen-bond acceptors (Lipinski definition) is 5. The number of nitrogens with zero attached hydrogens (tertiary/aromatic N) is 5. The molecule has 2 aliphatic carbocycles. The van der Waals surface area contributed by atoms with Crippen LogP contribution in [0.1, 0.15) is 71.1 Å². The molecule has 2 saturated carbocycles. The predicted molar refractivity (Wildman–Crippen MR) is 120 cm³/mol. The van der Waals surface area contributed by atoms with Crippen LogP contribution in [0, 0.1) is 0 Å². The molecule has 2 aromatic heterocycles. The standard InChI is InChI=1S/C23H33N5OS/c1-2-27-22(18-13-15-24-16-14-18)25-26-23(27)30-17-21(29)28(19-9-5-3-6-10-19)20-11-7-4-8-12-20/h13-16,19-20H,2-12,17H2,1H3. The summed E-state index contributed by atoms with van der Waals surface area (Å²) in [6, 6.07) is 4.77. The molecule has 0 unspecified atom stereocenters. The van der Waals surface area contributed by atoms with Gasteiger partial charge in [0.15, 0.2) is 11.0 Å². The zero-order chi connectivity index (χ0) is 20.8. The van der Waals surface area contributed by atoms with E-state index in [9.17, 15) is 4.79 Å². The van der Waals surface area contributed by atoms with Gasteiger partial charge in [-0.15, -0.1) is 10.2 Å². The van der Waals surface area contributed by atoms with E-state index in [0.29, 0.717) is 17.8 Å². The van der Waals surface area contributed by atoms with E-state index < -0.39 is 0 Å². The highest BCUT2D eigenvalue weighted by molar-refractivity contribution is 7.99. The second-order valence-electron chi connectivity index (χ2n) is 8.46. The van der Waals surface area contributed by atoms with Crippen LogP contribution in [-0.4, -0.2) is 48.4 Å². The fourth-order valence-corrected chi connectivity index (χ4v) is 5.89. The lowest BCUT2D eigenvalue weighted by Crippen LogP contribution is -2.49.